The highest BCUT2D eigenvalue weighted by Crippen LogP contribution is 2.23. The van der Waals surface area contributed by atoms with Crippen molar-refractivity contribution in [3.63, 3.8) is 0 Å². The van der Waals surface area contributed by atoms with Gasteiger partial charge in [-0.1, -0.05) is 15.9 Å². The van der Waals surface area contributed by atoms with Crippen LogP contribution in [-0.2, 0) is 0 Å². The largest absolute Gasteiger partial charge is 0.494 e. The first kappa shape index (κ1) is 13.7. The van der Waals surface area contributed by atoms with E-state index in [9.17, 15) is 4.79 Å². The number of rotatable bonds is 5. The highest BCUT2D eigenvalue weighted by atomic mass is 79.9. The van der Waals surface area contributed by atoms with Crippen molar-refractivity contribution in [1.29, 1.82) is 5.26 Å². The Morgan fingerprint density at radius 1 is 1.53 bits per heavy atom. The number of benzene rings is 1. The molecule has 4 heteroatoms. The zero-order chi connectivity index (χ0) is 12.9. The molecule has 17 heavy (non-hydrogen) atoms. The molecule has 0 saturated heterocycles. The molecular formula is C13H14BrNO2. The summed E-state index contributed by atoms with van der Waals surface area (Å²) in [4.78, 5) is 10.7. The van der Waals surface area contributed by atoms with Gasteiger partial charge in [0.1, 0.15) is 5.75 Å². The van der Waals surface area contributed by atoms with E-state index in [1.165, 1.54) is 0 Å². The Kier molecular flexibility index (Phi) is 4.71. The van der Waals surface area contributed by atoms with Gasteiger partial charge in [0.2, 0.25) is 0 Å². The summed E-state index contributed by atoms with van der Waals surface area (Å²) in [6.07, 6.45) is 1.42. The fraction of sp³-hybridized carbons (Fsp3) is 0.385. The number of ether oxygens (including phenoxy) is 1. The Labute approximate surface area is 110 Å². The van der Waals surface area contributed by atoms with Crippen LogP contribution in [0.1, 0.15) is 30.6 Å². The molecule has 0 amide bonds. The van der Waals surface area contributed by atoms with Crippen LogP contribution in [0.3, 0.4) is 0 Å². The minimum Gasteiger partial charge on any atom is -0.494 e. The quantitative estimate of drug-likeness (QED) is 0.780. The molecule has 3 nitrogen and oxygen atoms in total. The molecule has 1 aromatic rings. The zero-order valence-corrected chi connectivity index (χ0v) is 11.5. The Balaban J connectivity index is 2.59. The zero-order valence-electron chi connectivity index (χ0n) is 9.87. The van der Waals surface area contributed by atoms with Gasteiger partial charge in [-0.15, -0.1) is 0 Å². The predicted octanol–water partition coefficient (Wildman–Crippen LogP) is 3.58. The first-order valence-electron chi connectivity index (χ1n) is 5.27. The Morgan fingerprint density at radius 3 is 2.82 bits per heavy atom. The number of carbonyl (C=O) groups is 1. The molecule has 0 heterocycles. The number of aldehydes is 1. The summed E-state index contributed by atoms with van der Waals surface area (Å²) in [7, 11) is 0. The molecule has 0 radical (unpaired) electrons. The van der Waals surface area contributed by atoms with Crippen LogP contribution in [0.15, 0.2) is 22.7 Å². The lowest BCUT2D eigenvalue weighted by molar-refractivity contribution is 0.112. The molecule has 0 aliphatic rings. The van der Waals surface area contributed by atoms with Crippen molar-refractivity contribution in [2.45, 2.75) is 20.3 Å². The van der Waals surface area contributed by atoms with Crippen molar-refractivity contribution in [3.8, 4) is 11.8 Å². The van der Waals surface area contributed by atoms with E-state index in [-0.39, 0.29) is 5.41 Å². The fourth-order valence-electron chi connectivity index (χ4n) is 1.18. The molecule has 0 N–H and O–H groups in total. The van der Waals surface area contributed by atoms with E-state index >= 15 is 0 Å². The first-order valence-corrected chi connectivity index (χ1v) is 6.06. The molecule has 0 unspecified atom stereocenters. The molecule has 0 spiro atoms. The van der Waals surface area contributed by atoms with Crippen LogP contribution >= 0.6 is 15.9 Å². The maximum Gasteiger partial charge on any atom is 0.151 e. The van der Waals surface area contributed by atoms with E-state index in [1.54, 1.807) is 18.2 Å². The minimum atomic E-state index is -0.386. The third-order valence-electron chi connectivity index (χ3n) is 2.39. The molecule has 0 aliphatic carbocycles. The van der Waals surface area contributed by atoms with Gasteiger partial charge in [0.25, 0.3) is 0 Å². The summed E-state index contributed by atoms with van der Waals surface area (Å²) in [6.45, 7) is 4.20. The summed E-state index contributed by atoms with van der Waals surface area (Å²) in [5, 5.41) is 8.85. The molecular weight excluding hydrogens is 282 g/mol. The van der Waals surface area contributed by atoms with Crippen molar-refractivity contribution >= 4 is 22.2 Å². The summed E-state index contributed by atoms with van der Waals surface area (Å²) in [6, 6.07) is 7.45. The maximum absolute atomic E-state index is 10.7. The lowest BCUT2D eigenvalue weighted by atomic mass is 9.92. The van der Waals surface area contributed by atoms with Crippen LogP contribution < -0.4 is 4.74 Å². The van der Waals surface area contributed by atoms with E-state index in [1.807, 2.05) is 13.8 Å². The Bertz CT molecular complexity index is 449. The third-order valence-corrected chi connectivity index (χ3v) is 3.12. The maximum atomic E-state index is 10.7. The van der Waals surface area contributed by atoms with Gasteiger partial charge in [-0.25, -0.2) is 0 Å². The van der Waals surface area contributed by atoms with Gasteiger partial charge in [0, 0.05) is 10.0 Å². The molecule has 1 rings (SSSR count). The lowest BCUT2D eigenvalue weighted by Crippen LogP contribution is -2.13. The molecule has 0 aliphatic heterocycles. The number of nitriles is 1. The average molecular weight is 296 g/mol. The molecule has 90 valence electrons. The first-order chi connectivity index (χ1) is 7.98. The molecule has 0 fully saturated rings. The van der Waals surface area contributed by atoms with Gasteiger partial charge in [0.15, 0.2) is 6.29 Å². The number of carbonyl (C=O) groups excluding carboxylic acids is 1. The van der Waals surface area contributed by atoms with E-state index in [2.05, 4.69) is 22.0 Å². The normalized spacial score (nSPS) is 10.7. The summed E-state index contributed by atoms with van der Waals surface area (Å²) >= 11 is 3.27. The number of nitrogens with zero attached hydrogens (tertiary/aromatic N) is 1. The van der Waals surface area contributed by atoms with Crippen LogP contribution in [0, 0.1) is 16.7 Å². The molecule has 0 saturated carbocycles. The standard InChI is InChI=1S/C13H14BrNO2/c1-13(2,9-15)5-6-17-11-3-4-12(14)10(7-11)8-16/h3-4,7-8H,5-6H2,1-2H3. The number of hydrogen-bond acceptors (Lipinski definition) is 3. The number of hydrogen-bond donors (Lipinski definition) is 0. The topological polar surface area (TPSA) is 50.1 Å². The SMILES string of the molecule is CC(C)(C#N)CCOc1ccc(Br)c(C=O)c1. The molecule has 0 atom stereocenters. The summed E-state index contributed by atoms with van der Waals surface area (Å²) < 4.78 is 6.26. The fourth-order valence-corrected chi connectivity index (χ4v) is 1.52. The van der Waals surface area contributed by atoms with Crippen LogP contribution in [0.5, 0.6) is 5.75 Å². The van der Waals surface area contributed by atoms with E-state index < -0.39 is 0 Å². The molecule has 0 aromatic heterocycles. The van der Waals surface area contributed by atoms with Gasteiger partial charge in [-0.05, 0) is 38.5 Å². The van der Waals surface area contributed by atoms with Crippen LogP contribution in [-0.4, -0.2) is 12.9 Å². The van der Waals surface area contributed by atoms with Crippen LogP contribution in [0.25, 0.3) is 0 Å². The predicted molar refractivity (Wildman–Crippen MR) is 69.0 cm³/mol. The van der Waals surface area contributed by atoms with Gasteiger partial charge in [0.05, 0.1) is 18.1 Å². The van der Waals surface area contributed by atoms with E-state index in [4.69, 9.17) is 10.00 Å². The van der Waals surface area contributed by atoms with Crippen molar-refractivity contribution in [2.75, 3.05) is 6.61 Å². The van der Waals surface area contributed by atoms with Crippen LogP contribution in [0.2, 0.25) is 0 Å². The summed E-state index contributed by atoms with van der Waals surface area (Å²) in [5.74, 6) is 0.643. The van der Waals surface area contributed by atoms with Crippen LogP contribution in [0.4, 0.5) is 0 Å². The highest BCUT2D eigenvalue weighted by molar-refractivity contribution is 9.10. The van der Waals surface area contributed by atoms with E-state index in [0.29, 0.717) is 24.3 Å². The van der Waals surface area contributed by atoms with Crippen molar-refractivity contribution in [3.05, 3.63) is 28.2 Å². The summed E-state index contributed by atoms with van der Waals surface area (Å²) in [5.41, 5.74) is 0.171. The second kappa shape index (κ2) is 5.83. The highest BCUT2D eigenvalue weighted by Gasteiger charge is 2.16. The third kappa shape index (κ3) is 4.20. The van der Waals surface area contributed by atoms with Gasteiger partial charge in [-0.3, -0.25) is 4.79 Å². The van der Waals surface area contributed by atoms with Gasteiger partial charge in [-0.2, -0.15) is 5.26 Å². The molecule has 0 bridgehead atoms. The van der Waals surface area contributed by atoms with Crippen molar-refractivity contribution in [2.24, 2.45) is 5.41 Å². The smallest absolute Gasteiger partial charge is 0.151 e. The van der Waals surface area contributed by atoms with Gasteiger partial charge >= 0.3 is 0 Å². The Hall–Kier alpha value is -1.34. The van der Waals surface area contributed by atoms with E-state index in [0.717, 1.165) is 10.8 Å². The second-order valence-corrected chi connectivity index (χ2v) is 5.25. The van der Waals surface area contributed by atoms with Gasteiger partial charge < -0.3 is 4.74 Å². The van der Waals surface area contributed by atoms with Crippen molar-refractivity contribution in [1.82, 2.24) is 0 Å². The molecule has 1 aromatic carbocycles. The average Bonchev–Trinajstić information content (AvgIpc) is 2.31. The second-order valence-electron chi connectivity index (χ2n) is 4.40. The monoisotopic (exact) mass is 295 g/mol. The minimum absolute atomic E-state index is 0.386. The number of halogens is 1. The lowest BCUT2D eigenvalue weighted by Gasteiger charge is -2.15. The Morgan fingerprint density at radius 2 is 2.24 bits per heavy atom. The van der Waals surface area contributed by atoms with Crippen molar-refractivity contribution < 1.29 is 9.53 Å².